The monoisotopic (exact) mass is 253 g/mol. The minimum absolute atomic E-state index is 0.185. The molecule has 1 saturated carbocycles. The summed E-state index contributed by atoms with van der Waals surface area (Å²) in [7, 11) is 1.95. The minimum Gasteiger partial charge on any atom is -0.343 e. The van der Waals surface area contributed by atoms with Crippen LogP contribution in [0.5, 0.6) is 0 Å². The quantitative estimate of drug-likeness (QED) is 0.819. The van der Waals surface area contributed by atoms with Gasteiger partial charge in [-0.3, -0.25) is 4.79 Å². The van der Waals surface area contributed by atoms with Crippen LogP contribution in [0.2, 0.25) is 0 Å². The van der Waals surface area contributed by atoms with Gasteiger partial charge in [-0.2, -0.15) is 0 Å². The topological polar surface area (TPSA) is 49.6 Å². The lowest BCUT2D eigenvalue weighted by atomic mass is 9.75. The van der Waals surface area contributed by atoms with Gasteiger partial charge in [-0.15, -0.1) is 0 Å². The number of hydrogen-bond acceptors (Lipinski definition) is 3. The zero-order chi connectivity index (χ0) is 13.2. The van der Waals surface area contributed by atoms with Gasteiger partial charge in [0.1, 0.15) is 0 Å². The molecule has 2 fully saturated rings. The number of nitrogens with two attached hydrogens (primary N) is 1. The van der Waals surface area contributed by atoms with E-state index in [1.54, 1.807) is 0 Å². The molecule has 1 amide bonds. The molecule has 1 aliphatic heterocycles. The Kier molecular flexibility index (Phi) is 4.28. The van der Waals surface area contributed by atoms with Crippen molar-refractivity contribution in [3.05, 3.63) is 0 Å². The largest absolute Gasteiger partial charge is 0.343 e. The van der Waals surface area contributed by atoms with Gasteiger partial charge in [0.25, 0.3) is 0 Å². The normalized spacial score (nSPS) is 24.6. The van der Waals surface area contributed by atoms with E-state index in [1.165, 1.54) is 6.42 Å². The van der Waals surface area contributed by atoms with Crippen molar-refractivity contribution in [1.29, 1.82) is 0 Å². The highest BCUT2D eigenvalue weighted by molar-refractivity contribution is 5.77. The van der Waals surface area contributed by atoms with Crippen LogP contribution in [-0.4, -0.2) is 54.0 Å². The third-order valence-corrected chi connectivity index (χ3v) is 4.80. The Hall–Kier alpha value is -0.610. The fourth-order valence-corrected chi connectivity index (χ4v) is 3.06. The molecule has 0 bridgehead atoms. The summed E-state index contributed by atoms with van der Waals surface area (Å²) in [5, 5.41) is 0. The Morgan fingerprint density at radius 2 is 2.00 bits per heavy atom. The first-order valence-electron chi connectivity index (χ1n) is 7.31. The predicted molar refractivity (Wildman–Crippen MR) is 73.3 cm³/mol. The van der Waals surface area contributed by atoms with Crippen LogP contribution in [0, 0.1) is 0 Å². The van der Waals surface area contributed by atoms with Gasteiger partial charge in [-0.05, 0) is 38.6 Å². The molecule has 2 rings (SSSR count). The maximum atomic E-state index is 12.2. The fourth-order valence-electron chi connectivity index (χ4n) is 3.06. The van der Waals surface area contributed by atoms with Crippen LogP contribution in [0.1, 0.15) is 45.4 Å². The molecule has 0 radical (unpaired) electrons. The van der Waals surface area contributed by atoms with Crippen molar-refractivity contribution in [2.45, 2.75) is 57.0 Å². The summed E-state index contributed by atoms with van der Waals surface area (Å²) in [5.74, 6) is 0.243. The van der Waals surface area contributed by atoms with Gasteiger partial charge < -0.3 is 15.5 Å². The Morgan fingerprint density at radius 3 is 2.44 bits per heavy atom. The summed E-state index contributed by atoms with van der Waals surface area (Å²) in [6.45, 7) is 5.55. The van der Waals surface area contributed by atoms with Crippen LogP contribution in [-0.2, 0) is 4.79 Å². The van der Waals surface area contributed by atoms with E-state index < -0.39 is 0 Å². The van der Waals surface area contributed by atoms with Crippen LogP contribution in [0.4, 0.5) is 0 Å². The number of hydrogen-bond donors (Lipinski definition) is 1. The van der Waals surface area contributed by atoms with Crippen molar-refractivity contribution in [2.75, 3.05) is 26.7 Å². The van der Waals surface area contributed by atoms with E-state index in [-0.39, 0.29) is 11.4 Å². The molecule has 1 heterocycles. The van der Waals surface area contributed by atoms with Gasteiger partial charge in [-0.25, -0.2) is 0 Å². The summed E-state index contributed by atoms with van der Waals surface area (Å²) >= 11 is 0. The lowest BCUT2D eigenvalue weighted by Gasteiger charge is -2.41. The molecule has 2 N–H and O–H groups in total. The Morgan fingerprint density at radius 1 is 1.39 bits per heavy atom. The maximum absolute atomic E-state index is 12.2. The highest BCUT2D eigenvalue weighted by Gasteiger charge is 2.36. The predicted octanol–water partition coefficient (Wildman–Crippen LogP) is 1.20. The highest BCUT2D eigenvalue weighted by Crippen LogP contribution is 2.33. The van der Waals surface area contributed by atoms with E-state index in [4.69, 9.17) is 5.73 Å². The van der Waals surface area contributed by atoms with Crippen LogP contribution in [0.3, 0.4) is 0 Å². The van der Waals surface area contributed by atoms with Gasteiger partial charge >= 0.3 is 0 Å². The standard InChI is InChI=1S/C14H27N3O/c1-3-17-9-5-12(6-10-17)16(2)13(18)11-14(15)7-4-8-14/h12H,3-11,15H2,1-2H3. The number of nitrogens with zero attached hydrogens (tertiary/aromatic N) is 2. The Bertz CT molecular complexity index is 293. The molecule has 0 spiro atoms. The van der Waals surface area contributed by atoms with Crippen LogP contribution < -0.4 is 5.73 Å². The molecule has 0 aromatic heterocycles. The molecule has 0 unspecified atom stereocenters. The SMILES string of the molecule is CCN1CCC(N(C)C(=O)CC2(N)CCC2)CC1. The molecule has 4 heteroatoms. The van der Waals surface area contributed by atoms with Crippen molar-refractivity contribution >= 4 is 5.91 Å². The first-order chi connectivity index (χ1) is 8.54. The summed E-state index contributed by atoms with van der Waals surface area (Å²) in [6, 6.07) is 0.420. The van der Waals surface area contributed by atoms with E-state index in [0.29, 0.717) is 12.5 Å². The number of piperidine rings is 1. The van der Waals surface area contributed by atoms with Crippen LogP contribution >= 0.6 is 0 Å². The average Bonchev–Trinajstić information content (AvgIpc) is 2.36. The number of carbonyl (C=O) groups excluding carboxylic acids is 1. The van der Waals surface area contributed by atoms with Crippen molar-refractivity contribution in [2.24, 2.45) is 5.73 Å². The van der Waals surface area contributed by atoms with Gasteiger partial charge in [0.2, 0.25) is 5.91 Å². The second-order valence-electron chi connectivity index (χ2n) is 6.06. The molecule has 0 aromatic rings. The summed E-state index contributed by atoms with van der Waals surface area (Å²) in [6.07, 6.45) is 5.96. The van der Waals surface area contributed by atoms with Crippen LogP contribution in [0.15, 0.2) is 0 Å². The van der Waals surface area contributed by atoms with Gasteiger partial charge in [-0.1, -0.05) is 6.92 Å². The van der Waals surface area contributed by atoms with Crippen molar-refractivity contribution in [3.63, 3.8) is 0 Å². The lowest BCUT2D eigenvalue weighted by Crippen LogP contribution is -2.52. The molecular formula is C14H27N3O. The van der Waals surface area contributed by atoms with E-state index in [0.717, 1.165) is 45.3 Å². The molecular weight excluding hydrogens is 226 g/mol. The summed E-state index contributed by atoms with van der Waals surface area (Å²) in [4.78, 5) is 16.6. The van der Waals surface area contributed by atoms with Gasteiger partial charge in [0.15, 0.2) is 0 Å². The second kappa shape index (κ2) is 5.57. The van der Waals surface area contributed by atoms with E-state index >= 15 is 0 Å². The number of rotatable bonds is 4. The number of carbonyl (C=O) groups is 1. The molecule has 0 aromatic carbocycles. The molecule has 2 aliphatic rings. The minimum atomic E-state index is -0.185. The molecule has 104 valence electrons. The molecule has 0 atom stereocenters. The van der Waals surface area contributed by atoms with Crippen molar-refractivity contribution in [1.82, 2.24) is 9.80 Å². The Balaban J connectivity index is 1.80. The first-order valence-corrected chi connectivity index (χ1v) is 7.31. The van der Waals surface area contributed by atoms with Crippen molar-refractivity contribution in [3.8, 4) is 0 Å². The number of likely N-dealkylation sites (tertiary alicyclic amines) is 1. The van der Waals surface area contributed by atoms with E-state index in [2.05, 4.69) is 11.8 Å². The average molecular weight is 253 g/mol. The van der Waals surface area contributed by atoms with Crippen LogP contribution in [0.25, 0.3) is 0 Å². The third kappa shape index (κ3) is 3.04. The summed E-state index contributed by atoms with van der Waals surface area (Å²) in [5.41, 5.74) is 5.97. The molecule has 1 aliphatic carbocycles. The van der Waals surface area contributed by atoms with Gasteiger partial charge in [0, 0.05) is 38.1 Å². The second-order valence-corrected chi connectivity index (χ2v) is 6.06. The molecule has 1 saturated heterocycles. The smallest absolute Gasteiger partial charge is 0.224 e. The Labute approximate surface area is 110 Å². The van der Waals surface area contributed by atoms with Gasteiger partial charge in [0.05, 0.1) is 0 Å². The molecule has 4 nitrogen and oxygen atoms in total. The number of amides is 1. The summed E-state index contributed by atoms with van der Waals surface area (Å²) < 4.78 is 0. The lowest BCUT2D eigenvalue weighted by molar-refractivity contribution is -0.134. The third-order valence-electron chi connectivity index (χ3n) is 4.80. The fraction of sp³-hybridized carbons (Fsp3) is 0.929. The van der Waals surface area contributed by atoms with E-state index in [9.17, 15) is 4.79 Å². The van der Waals surface area contributed by atoms with E-state index in [1.807, 2.05) is 11.9 Å². The molecule has 18 heavy (non-hydrogen) atoms. The highest BCUT2D eigenvalue weighted by atomic mass is 16.2. The zero-order valence-electron chi connectivity index (χ0n) is 11.8. The maximum Gasteiger partial charge on any atom is 0.224 e. The zero-order valence-corrected chi connectivity index (χ0v) is 11.8. The first kappa shape index (κ1) is 13.8. The van der Waals surface area contributed by atoms with Crippen molar-refractivity contribution < 1.29 is 4.79 Å².